The maximum atomic E-state index is 13.0. The van der Waals surface area contributed by atoms with Crippen LogP contribution in [0.5, 0.6) is 11.8 Å². The fourth-order valence-corrected chi connectivity index (χ4v) is 3.09. The number of morpholine rings is 1. The largest absolute Gasteiger partial charge is 0.424 e. The highest BCUT2D eigenvalue weighted by Gasteiger charge is 2.31. The molecule has 1 saturated heterocycles. The van der Waals surface area contributed by atoms with E-state index < -0.39 is 29.6 Å². The molecule has 13 heteroatoms. The summed E-state index contributed by atoms with van der Waals surface area (Å²) in [5, 5.41) is 5.74. The third-order valence-corrected chi connectivity index (χ3v) is 4.66. The monoisotopic (exact) mass is 485 g/mol. The first kappa shape index (κ1) is 23.7. The highest BCUT2D eigenvalue weighted by molar-refractivity contribution is 5.55. The van der Waals surface area contributed by atoms with Gasteiger partial charge in [-0.15, -0.1) is 0 Å². The summed E-state index contributed by atoms with van der Waals surface area (Å²) in [6.07, 6.45) is -9.76. The van der Waals surface area contributed by atoms with Gasteiger partial charge in [0, 0.05) is 18.8 Å². The second-order valence-electron chi connectivity index (χ2n) is 7.19. The Morgan fingerprint density at radius 3 is 2.29 bits per heavy atom. The number of anilines is 2. The van der Waals surface area contributed by atoms with Gasteiger partial charge >= 0.3 is 18.4 Å². The molecule has 3 aromatic rings. The molecule has 1 atom stereocenters. The molecule has 1 fully saturated rings. The van der Waals surface area contributed by atoms with E-state index >= 15 is 0 Å². The molecule has 4 rings (SSSR count). The average Bonchev–Trinajstić information content (AvgIpc) is 2.79. The van der Waals surface area contributed by atoms with Crippen LogP contribution in [0.4, 0.5) is 38.0 Å². The van der Waals surface area contributed by atoms with E-state index in [4.69, 9.17) is 9.47 Å². The molecule has 7 nitrogen and oxygen atoms in total. The van der Waals surface area contributed by atoms with Gasteiger partial charge in [-0.1, -0.05) is 12.1 Å². The second-order valence-corrected chi connectivity index (χ2v) is 7.19. The Labute approximate surface area is 189 Å². The lowest BCUT2D eigenvalue weighted by Gasteiger charge is -2.22. The summed E-state index contributed by atoms with van der Waals surface area (Å²) < 4.78 is 89.3. The van der Waals surface area contributed by atoms with Gasteiger partial charge in [0.05, 0.1) is 17.7 Å². The number of hydrogen-bond acceptors (Lipinski definition) is 7. The van der Waals surface area contributed by atoms with Crippen LogP contribution in [0.3, 0.4) is 0 Å². The quantitative estimate of drug-likeness (QED) is 0.487. The lowest BCUT2D eigenvalue weighted by Crippen LogP contribution is -2.34. The molecule has 0 saturated carbocycles. The third kappa shape index (κ3) is 5.91. The van der Waals surface area contributed by atoms with Crippen LogP contribution >= 0.6 is 0 Å². The summed E-state index contributed by atoms with van der Waals surface area (Å²) in [4.78, 5) is 12.3. The molecule has 180 valence electrons. The standard InChI is InChI=1S/C21H17F6N5O2/c22-20(23,24)12-3-1-5-14(9-12)29-18-30-17(16-11-28-7-8-33-16)31-19(32-18)34-15-6-2-4-13(10-15)21(25,26)27/h1-6,9-10,16,28H,7-8,11H2,(H,29,30,31,32). The fourth-order valence-electron chi connectivity index (χ4n) is 3.09. The van der Waals surface area contributed by atoms with Crippen LogP contribution in [0.25, 0.3) is 0 Å². The van der Waals surface area contributed by atoms with Crippen molar-refractivity contribution >= 4 is 11.6 Å². The van der Waals surface area contributed by atoms with Gasteiger partial charge < -0.3 is 20.1 Å². The first-order valence-electron chi connectivity index (χ1n) is 9.95. The molecule has 0 amide bonds. The molecule has 1 aliphatic heterocycles. The van der Waals surface area contributed by atoms with Crippen LogP contribution in [0.1, 0.15) is 23.1 Å². The van der Waals surface area contributed by atoms with Gasteiger partial charge in [-0.2, -0.15) is 41.3 Å². The van der Waals surface area contributed by atoms with Crippen LogP contribution in [-0.4, -0.2) is 34.6 Å². The van der Waals surface area contributed by atoms with Crippen molar-refractivity contribution in [1.29, 1.82) is 0 Å². The number of nitrogens with one attached hydrogen (secondary N) is 2. The van der Waals surface area contributed by atoms with Crippen molar-refractivity contribution in [3.8, 4) is 11.8 Å². The maximum Gasteiger partial charge on any atom is 0.416 e. The van der Waals surface area contributed by atoms with E-state index in [-0.39, 0.29) is 29.2 Å². The van der Waals surface area contributed by atoms with Crippen molar-refractivity contribution in [1.82, 2.24) is 20.3 Å². The molecule has 0 bridgehead atoms. The normalized spacial score (nSPS) is 16.8. The fraction of sp³-hybridized carbons (Fsp3) is 0.286. The Hall–Kier alpha value is -3.45. The second kappa shape index (κ2) is 9.43. The van der Waals surface area contributed by atoms with E-state index in [0.29, 0.717) is 19.7 Å². The Morgan fingerprint density at radius 1 is 0.912 bits per heavy atom. The molecule has 0 aliphatic carbocycles. The van der Waals surface area contributed by atoms with Crippen LogP contribution in [0.15, 0.2) is 48.5 Å². The molecule has 1 aromatic heterocycles. The molecular formula is C21H17F6N5O2. The van der Waals surface area contributed by atoms with Gasteiger partial charge in [-0.05, 0) is 36.4 Å². The molecule has 2 heterocycles. The van der Waals surface area contributed by atoms with E-state index in [9.17, 15) is 26.3 Å². The minimum absolute atomic E-state index is 0.0414. The Balaban J connectivity index is 1.66. The number of aromatic nitrogens is 3. The van der Waals surface area contributed by atoms with Crippen molar-refractivity contribution in [2.75, 3.05) is 25.0 Å². The number of nitrogens with zero attached hydrogens (tertiary/aromatic N) is 3. The number of hydrogen-bond donors (Lipinski definition) is 2. The SMILES string of the molecule is FC(F)(F)c1cccc(Nc2nc(Oc3cccc(C(F)(F)F)c3)nc(C3CNCCO3)n2)c1. The van der Waals surface area contributed by atoms with E-state index in [2.05, 4.69) is 25.6 Å². The molecule has 34 heavy (non-hydrogen) atoms. The molecule has 2 N–H and O–H groups in total. The summed E-state index contributed by atoms with van der Waals surface area (Å²) in [5.41, 5.74) is -1.77. The van der Waals surface area contributed by atoms with Gasteiger partial charge in [0.1, 0.15) is 11.9 Å². The zero-order chi connectivity index (χ0) is 24.3. The Bertz CT molecular complexity index is 1070. The van der Waals surface area contributed by atoms with Crippen molar-refractivity contribution in [3.05, 3.63) is 65.5 Å². The summed E-state index contributed by atoms with van der Waals surface area (Å²) in [6, 6.07) is 8.13. The summed E-state index contributed by atoms with van der Waals surface area (Å²) >= 11 is 0. The number of alkyl halides is 6. The molecule has 1 unspecified atom stereocenters. The number of rotatable bonds is 5. The van der Waals surface area contributed by atoms with Crippen molar-refractivity contribution in [2.45, 2.75) is 18.5 Å². The van der Waals surface area contributed by atoms with Crippen LogP contribution < -0.4 is 15.4 Å². The molecular weight excluding hydrogens is 468 g/mol. The van der Waals surface area contributed by atoms with Crippen molar-refractivity contribution in [2.24, 2.45) is 0 Å². The first-order chi connectivity index (χ1) is 16.1. The number of halogens is 6. The zero-order valence-corrected chi connectivity index (χ0v) is 17.2. The predicted octanol–water partition coefficient (Wildman–Crippen LogP) is 5.11. The summed E-state index contributed by atoms with van der Waals surface area (Å²) in [5.74, 6) is -0.251. The lowest BCUT2D eigenvalue weighted by molar-refractivity contribution is -0.138. The van der Waals surface area contributed by atoms with Gasteiger partial charge in [-0.3, -0.25) is 0 Å². The predicted molar refractivity (Wildman–Crippen MR) is 108 cm³/mol. The van der Waals surface area contributed by atoms with Crippen molar-refractivity contribution < 1.29 is 35.8 Å². The van der Waals surface area contributed by atoms with E-state index in [1.54, 1.807) is 0 Å². The Morgan fingerprint density at radius 2 is 1.62 bits per heavy atom. The van der Waals surface area contributed by atoms with Crippen molar-refractivity contribution in [3.63, 3.8) is 0 Å². The molecule has 0 spiro atoms. The van der Waals surface area contributed by atoms with Gasteiger partial charge in [0.2, 0.25) is 5.95 Å². The lowest BCUT2D eigenvalue weighted by atomic mass is 10.2. The highest BCUT2D eigenvalue weighted by Crippen LogP contribution is 2.33. The van der Waals surface area contributed by atoms with Gasteiger partial charge in [0.25, 0.3) is 0 Å². The van der Waals surface area contributed by atoms with Crippen LogP contribution in [0, 0.1) is 0 Å². The topological polar surface area (TPSA) is 81.2 Å². The minimum atomic E-state index is -4.58. The molecule has 1 aliphatic rings. The van der Waals surface area contributed by atoms with Gasteiger partial charge in [0.15, 0.2) is 5.82 Å². The third-order valence-electron chi connectivity index (χ3n) is 4.66. The van der Waals surface area contributed by atoms with E-state index in [1.807, 2.05) is 0 Å². The van der Waals surface area contributed by atoms with E-state index in [0.717, 1.165) is 30.3 Å². The van der Waals surface area contributed by atoms with Gasteiger partial charge in [-0.25, -0.2) is 0 Å². The summed E-state index contributed by atoms with van der Waals surface area (Å²) in [7, 11) is 0. The van der Waals surface area contributed by atoms with Crippen LogP contribution in [-0.2, 0) is 17.1 Å². The number of benzene rings is 2. The molecule has 2 aromatic carbocycles. The average molecular weight is 485 g/mol. The van der Waals surface area contributed by atoms with E-state index in [1.165, 1.54) is 18.2 Å². The number of ether oxygens (including phenoxy) is 2. The van der Waals surface area contributed by atoms with Crippen LogP contribution in [0.2, 0.25) is 0 Å². The highest BCUT2D eigenvalue weighted by atomic mass is 19.4. The minimum Gasteiger partial charge on any atom is -0.424 e. The first-order valence-corrected chi connectivity index (χ1v) is 9.95. The maximum absolute atomic E-state index is 13.0. The zero-order valence-electron chi connectivity index (χ0n) is 17.2. The Kier molecular flexibility index (Phi) is 6.57. The smallest absolute Gasteiger partial charge is 0.416 e. The summed E-state index contributed by atoms with van der Waals surface area (Å²) in [6.45, 7) is 1.30. The molecule has 0 radical (unpaired) electrons.